The molecule has 0 aliphatic carbocycles. The van der Waals surface area contributed by atoms with Crippen LogP contribution in [0, 0.1) is 17.1 Å². The zero-order chi connectivity index (χ0) is 18.4. The zero-order valence-corrected chi connectivity index (χ0v) is 14.6. The van der Waals surface area contributed by atoms with E-state index in [2.05, 4.69) is 16.3 Å². The van der Waals surface area contributed by atoms with Gasteiger partial charge in [-0.2, -0.15) is 5.26 Å². The number of piperidine rings is 1. The number of likely N-dealkylation sites (tertiary alicyclic amines) is 1. The molecule has 134 valence electrons. The van der Waals surface area contributed by atoms with E-state index in [0.29, 0.717) is 5.69 Å². The Balaban J connectivity index is 1.70. The lowest BCUT2D eigenvalue weighted by atomic mass is 9.86. The van der Waals surface area contributed by atoms with E-state index in [1.54, 1.807) is 12.1 Å². The molecule has 3 rings (SSSR count). The van der Waals surface area contributed by atoms with Crippen LogP contribution in [0.4, 0.5) is 10.1 Å². The molecule has 1 fully saturated rings. The lowest BCUT2D eigenvalue weighted by molar-refractivity contribution is -0.118. The van der Waals surface area contributed by atoms with Crippen molar-refractivity contribution in [3.63, 3.8) is 0 Å². The number of hydrogen-bond acceptors (Lipinski definition) is 3. The number of nitriles is 1. The van der Waals surface area contributed by atoms with Gasteiger partial charge in [-0.05, 0) is 43.1 Å². The van der Waals surface area contributed by atoms with Gasteiger partial charge in [0.1, 0.15) is 5.82 Å². The number of halogens is 1. The molecular formula is C21H22FN3O. The van der Waals surface area contributed by atoms with E-state index in [0.717, 1.165) is 31.4 Å². The summed E-state index contributed by atoms with van der Waals surface area (Å²) in [6, 6.07) is 18.0. The van der Waals surface area contributed by atoms with Gasteiger partial charge in [0.15, 0.2) is 0 Å². The maximum Gasteiger partial charge on any atom is 0.238 e. The fourth-order valence-corrected chi connectivity index (χ4v) is 3.58. The van der Waals surface area contributed by atoms with Crippen molar-refractivity contribution in [2.24, 2.45) is 0 Å². The summed E-state index contributed by atoms with van der Waals surface area (Å²) >= 11 is 0. The molecule has 2 aromatic rings. The van der Waals surface area contributed by atoms with Crippen molar-refractivity contribution in [3.8, 4) is 6.07 Å². The molecule has 1 N–H and O–H groups in total. The first-order chi connectivity index (χ1) is 12.7. The molecule has 1 aliphatic heterocycles. The van der Waals surface area contributed by atoms with Gasteiger partial charge in [0.05, 0.1) is 18.5 Å². The van der Waals surface area contributed by atoms with Crippen molar-refractivity contribution < 1.29 is 9.18 Å². The van der Waals surface area contributed by atoms with Gasteiger partial charge in [0.25, 0.3) is 0 Å². The summed E-state index contributed by atoms with van der Waals surface area (Å²) in [4.78, 5) is 14.5. The van der Waals surface area contributed by atoms with Crippen molar-refractivity contribution in [2.45, 2.75) is 31.2 Å². The summed E-state index contributed by atoms with van der Waals surface area (Å²) in [6.07, 6.45) is 2.95. The van der Waals surface area contributed by atoms with Crippen LogP contribution >= 0.6 is 0 Å². The molecule has 2 atom stereocenters. The lowest BCUT2D eigenvalue weighted by Crippen LogP contribution is -2.46. The van der Waals surface area contributed by atoms with Gasteiger partial charge in [-0.15, -0.1) is 0 Å². The summed E-state index contributed by atoms with van der Waals surface area (Å²) in [5.41, 5.74) is 1.43. The Morgan fingerprint density at radius 1 is 1.23 bits per heavy atom. The number of carbonyl (C=O) groups is 1. The highest BCUT2D eigenvalue weighted by Crippen LogP contribution is 2.30. The van der Waals surface area contributed by atoms with Crippen molar-refractivity contribution in [3.05, 3.63) is 66.0 Å². The number of carbonyl (C=O) groups excluding carboxylic acids is 1. The summed E-state index contributed by atoms with van der Waals surface area (Å²) in [7, 11) is 0. The Kier molecular flexibility index (Phi) is 5.98. The number of benzene rings is 2. The maximum absolute atomic E-state index is 13.3. The van der Waals surface area contributed by atoms with E-state index >= 15 is 0 Å². The molecule has 0 aromatic heterocycles. The second-order valence-electron chi connectivity index (χ2n) is 6.61. The number of hydrogen-bond donors (Lipinski definition) is 1. The Morgan fingerprint density at radius 3 is 2.77 bits per heavy atom. The van der Waals surface area contributed by atoms with Crippen LogP contribution in [0.3, 0.4) is 0 Å². The van der Waals surface area contributed by atoms with Crippen molar-refractivity contribution in [2.75, 3.05) is 18.4 Å². The first kappa shape index (κ1) is 18.1. The molecule has 2 unspecified atom stereocenters. The van der Waals surface area contributed by atoms with E-state index < -0.39 is 0 Å². The number of rotatable bonds is 5. The van der Waals surface area contributed by atoms with Gasteiger partial charge >= 0.3 is 0 Å². The quantitative estimate of drug-likeness (QED) is 0.888. The lowest BCUT2D eigenvalue weighted by Gasteiger charge is -2.37. The minimum Gasteiger partial charge on any atom is -0.325 e. The first-order valence-electron chi connectivity index (χ1n) is 8.91. The summed E-state index contributed by atoms with van der Waals surface area (Å²) in [5, 5.41) is 12.5. The predicted molar refractivity (Wildman–Crippen MR) is 99.0 cm³/mol. The maximum atomic E-state index is 13.3. The fraction of sp³-hybridized carbons (Fsp3) is 0.333. The smallest absolute Gasteiger partial charge is 0.238 e. The second-order valence-corrected chi connectivity index (χ2v) is 6.61. The molecule has 0 radical (unpaired) electrons. The Bertz CT molecular complexity index is 787. The molecule has 5 heteroatoms. The highest BCUT2D eigenvalue weighted by atomic mass is 19.1. The van der Waals surface area contributed by atoms with Gasteiger partial charge in [-0.3, -0.25) is 9.69 Å². The monoisotopic (exact) mass is 351 g/mol. The molecule has 1 amide bonds. The molecule has 0 bridgehead atoms. The van der Waals surface area contributed by atoms with Crippen LogP contribution in [0.1, 0.15) is 30.7 Å². The number of nitrogens with one attached hydrogen (secondary N) is 1. The highest BCUT2D eigenvalue weighted by Gasteiger charge is 2.32. The van der Waals surface area contributed by atoms with Crippen LogP contribution in [-0.4, -0.2) is 29.9 Å². The Hall–Kier alpha value is -2.71. The van der Waals surface area contributed by atoms with Gasteiger partial charge in [-0.1, -0.05) is 42.8 Å². The Morgan fingerprint density at radius 2 is 2.04 bits per heavy atom. The van der Waals surface area contributed by atoms with Crippen LogP contribution in [-0.2, 0) is 4.79 Å². The minimum absolute atomic E-state index is 0.00871. The fourth-order valence-electron chi connectivity index (χ4n) is 3.58. The van der Waals surface area contributed by atoms with Crippen LogP contribution in [0.15, 0.2) is 54.6 Å². The van der Waals surface area contributed by atoms with Gasteiger partial charge in [0, 0.05) is 11.7 Å². The van der Waals surface area contributed by atoms with Crippen molar-refractivity contribution in [1.82, 2.24) is 4.90 Å². The van der Waals surface area contributed by atoms with Crippen LogP contribution in [0.5, 0.6) is 0 Å². The first-order valence-corrected chi connectivity index (χ1v) is 8.91. The molecule has 0 spiro atoms. The van der Waals surface area contributed by atoms with E-state index in [1.807, 2.05) is 30.3 Å². The van der Waals surface area contributed by atoms with E-state index in [1.165, 1.54) is 12.1 Å². The largest absolute Gasteiger partial charge is 0.325 e. The van der Waals surface area contributed by atoms with Crippen LogP contribution in [0.25, 0.3) is 0 Å². The molecule has 4 nitrogen and oxygen atoms in total. The van der Waals surface area contributed by atoms with Gasteiger partial charge in [0.2, 0.25) is 5.91 Å². The molecule has 0 saturated carbocycles. The number of amides is 1. The SMILES string of the molecule is N#CC(c1ccccc1)C1CCCCN1CC(=O)Nc1cccc(F)c1. The van der Waals surface area contributed by atoms with Gasteiger partial charge < -0.3 is 5.32 Å². The van der Waals surface area contributed by atoms with Crippen molar-refractivity contribution in [1.29, 1.82) is 5.26 Å². The highest BCUT2D eigenvalue weighted by molar-refractivity contribution is 5.92. The third kappa shape index (κ3) is 4.47. The summed E-state index contributed by atoms with van der Waals surface area (Å²) in [5.74, 6) is -0.835. The van der Waals surface area contributed by atoms with E-state index in [4.69, 9.17) is 0 Å². The molecule has 1 heterocycles. The molecular weight excluding hydrogens is 329 g/mol. The van der Waals surface area contributed by atoms with E-state index in [-0.39, 0.29) is 30.2 Å². The number of anilines is 1. The number of nitrogens with zero attached hydrogens (tertiary/aromatic N) is 2. The van der Waals surface area contributed by atoms with Crippen LogP contribution < -0.4 is 5.32 Å². The molecule has 26 heavy (non-hydrogen) atoms. The molecule has 2 aromatic carbocycles. The third-order valence-electron chi connectivity index (χ3n) is 4.80. The summed E-state index contributed by atoms with van der Waals surface area (Å²) in [6.45, 7) is 0.985. The normalized spacial score (nSPS) is 18.7. The summed E-state index contributed by atoms with van der Waals surface area (Å²) < 4.78 is 13.3. The van der Waals surface area contributed by atoms with Gasteiger partial charge in [-0.25, -0.2) is 4.39 Å². The Labute approximate surface area is 153 Å². The van der Waals surface area contributed by atoms with Crippen LogP contribution in [0.2, 0.25) is 0 Å². The average molecular weight is 351 g/mol. The standard InChI is InChI=1S/C21H22FN3O/c22-17-9-6-10-18(13-17)24-21(26)15-25-12-5-4-11-20(25)19(14-23)16-7-2-1-3-8-16/h1-3,6-10,13,19-20H,4-5,11-12,15H2,(H,24,26). The second kappa shape index (κ2) is 8.59. The van der Waals surface area contributed by atoms with Crippen molar-refractivity contribution >= 4 is 11.6 Å². The zero-order valence-electron chi connectivity index (χ0n) is 14.6. The third-order valence-corrected chi connectivity index (χ3v) is 4.80. The predicted octanol–water partition coefficient (Wildman–Crippen LogP) is 3.93. The molecule has 1 saturated heterocycles. The average Bonchev–Trinajstić information content (AvgIpc) is 2.64. The van der Waals surface area contributed by atoms with E-state index in [9.17, 15) is 14.4 Å². The minimum atomic E-state index is -0.382. The topological polar surface area (TPSA) is 56.1 Å². The molecule has 1 aliphatic rings.